The molecule has 0 radical (unpaired) electrons. The Bertz CT molecular complexity index is 168. The highest BCUT2D eigenvalue weighted by Gasteiger charge is 2.21. The van der Waals surface area contributed by atoms with Crippen molar-refractivity contribution in [1.82, 2.24) is 5.32 Å². The zero-order chi connectivity index (χ0) is 12.5. The summed E-state index contributed by atoms with van der Waals surface area (Å²) >= 11 is 0. The third-order valence-electron chi connectivity index (χ3n) is 4.19. The maximum Gasteiger partial charge on any atom is -0.00178 e. The lowest BCUT2D eigenvalue weighted by molar-refractivity contribution is 0.266. The van der Waals surface area contributed by atoms with Gasteiger partial charge in [-0.05, 0) is 37.3 Å². The number of nitrogens with one attached hydrogen (secondary N) is 1. The van der Waals surface area contributed by atoms with Gasteiger partial charge in [-0.2, -0.15) is 0 Å². The highest BCUT2D eigenvalue weighted by atomic mass is 14.9. The summed E-state index contributed by atoms with van der Waals surface area (Å²) in [7, 11) is 0. The first-order valence-electron chi connectivity index (χ1n) is 7.94. The van der Waals surface area contributed by atoms with Gasteiger partial charge in [-0.25, -0.2) is 0 Å². The van der Waals surface area contributed by atoms with Gasteiger partial charge < -0.3 is 5.32 Å². The second-order valence-corrected chi connectivity index (χ2v) is 6.35. The zero-order valence-electron chi connectivity index (χ0n) is 12.3. The van der Waals surface area contributed by atoms with E-state index in [0.717, 1.165) is 17.8 Å². The van der Waals surface area contributed by atoms with Gasteiger partial charge in [0.15, 0.2) is 0 Å². The average molecular weight is 239 g/mol. The molecule has 1 atom stereocenters. The highest BCUT2D eigenvalue weighted by molar-refractivity contribution is 4.75. The van der Waals surface area contributed by atoms with Gasteiger partial charge >= 0.3 is 0 Å². The van der Waals surface area contributed by atoms with Crippen LogP contribution in [0.25, 0.3) is 0 Å². The highest BCUT2D eigenvalue weighted by Crippen LogP contribution is 2.31. The molecule has 0 spiro atoms. The molecule has 0 saturated heterocycles. The standard InChI is InChI=1S/C16H33N/c1-4-9-16(13-17-12-14(2)3)15-10-7-5-6-8-11-15/h14-17H,4-13H2,1-3H3. The summed E-state index contributed by atoms with van der Waals surface area (Å²) in [6.45, 7) is 9.39. The topological polar surface area (TPSA) is 12.0 Å². The number of hydrogen-bond acceptors (Lipinski definition) is 1. The van der Waals surface area contributed by atoms with Crippen LogP contribution in [0.4, 0.5) is 0 Å². The molecule has 0 aromatic rings. The van der Waals surface area contributed by atoms with E-state index in [1.54, 1.807) is 0 Å². The molecule has 0 amide bonds. The Hall–Kier alpha value is -0.0400. The van der Waals surface area contributed by atoms with Crippen LogP contribution in [0.3, 0.4) is 0 Å². The molecule has 0 aromatic heterocycles. The molecule has 1 aliphatic carbocycles. The van der Waals surface area contributed by atoms with Crippen LogP contribution in [0, 0.1) is 17.8 Å². The first kappa shape index (κ1) is 15.0. The molecule has 1 rings (SSSR count). The zero-order valence-corrected chi connectivity index (χ0v) is 12.3. The maximum atomic E-state index is 3.69. The third-order valence-corrected chi connectivity index (χ3v) is 4.19. The van der Waals surface area contributed by atoms with Crippen molar-refractivity contribution in [3.05, 3.63) is 0 Å². The van der Waals surface area contributed by atoms with Crippen molar-refractivity contribution < 1.29 is 0 Å². The van der Waals surface area contributed by atoms with Crippen LogP contribution in [-0.2, 0) is 0 Å². The fourth-order valence-corrected chi connectivity index (χ4v) is 3.21. The molecule has 0 aliphatic heterocycles. The molecule has 0 aromatic carbocycles. The summed E-state index contributed by atoms with van der Waals surface area (Å²) in [5, 5.41) is 3.69. The van der Waals surface area contributed by atoms with Crippen molar-refractivity contribution >= 4 is 0 Å². The summed E-state index contributed by atoms with van der Waals surface area (Å²) in [5.41, 5.74) is 0. The van der Waals surface area contributed by atoms with E-state index in [4.69, 9.17) is 0 Å². The molecule has 1 fully saturated rings. The van der Waals surface area contributed by atoms with E-state index in [1.165, 1.54) is 64.5 Å². The normalized spacial score (nSPS) is 20.5. The average Bonchev–Trinajstić information content (AvgIpc) is 2.56. The number of hydrogen-bond donors (Lipinski definition) is 1. The molecule has 17 heavy (non-hydrogen) atoms. The fourth-order valence-electron chi connectivity index (χ4n) is 3.21. The van der Waals surface area contributed by atoms with E-state index in [1.807, 2.05) is 0 Å². The Morgan fingerprint density at radius 2 is 1.65 bits per heavy atom. The second kappa shape index (κ2) is 8.97. The Kier molecular flexibility index (Phi) is 7.92. The minimum absolute atomic E-state index is 0.784. The molecule has 0 bridgehead atoms. The molecule has 0 heterocycles. The van der Waals surface area contributed by atoms with Crippen molar-refractivity contribution in [2.75, 3.05) is 13.1 Å². The van der Waals surface area contributed by atoms with Gasteiger partial charge in [-0.15, -0.1) is 0 Å². The van der Waals surface area contributed by atoms with Crippen molar-refractivity contribution in [2.24, 2.45) is 17.8 Å². The first-order valence-corrected chi connectivity index (χ1v) is 7.94. The van der Waals surface area contributed by atoms with E-state index < -0.39 is 0 Å². The van der Waals surface area contributed by atoms with Crippen molar-refractivity contribution in [3.8, 4) is 0 Å². The number of rotatable bonds is 7. The van der Waals surface area contributed by atoms with E-state index >= 15 is 0 Å². The van der Waals surface area contributed by atoms with Gasteiger partial charge in [0.05, 0.1) is 0 Å². The van der Waals surface area contributed by atoms with Crippen LogP contribution in [0.15, 0.2) is 0 Å². The van der Waals surface area contributed by atoms with Gasteiger partial charge in [-0.1, -0.05) is 65.7 Å². The Balaban J connectivity index is 2.33. The van der Waals surface area contributed by atoms with Gasteiger partial charge in [-0.3, -0.25) is 0 Å². The predicted molar refractivity (Wildman–Crippen MR) is 77.3 cm³/mol. The van der Waals surface area contributed by atoms with Gasteiger partial charge in [0.2, 0.25) is 0 Å². The van der Waals surface area contributed by atoms with E-state index in [9.17, 15) is 0 Å². The molecular weight excluding hydrogens is 206 g/mol. The lowest BCUT2D eigenvalue weighted by Crippen LogP contribution is -2.30. The maximum absolute atomic E-state index is 3.69. The van der Waals surface area contributed by atoms with Crippen LogP contribution in [0.1, 0.15) is 72.1 Å². The monoisotopic (exact) mass is 239 g/mol. The molecule has 1 N–H and O–H groups in total. The summed E-state index contributed by atoms with van der Waals surface area (Å²) in [5.74, 6) is 2.74. The third kappa shape index (κ3) is 6.45. The Morgan fingerprint density at radius 1 is 1.00 bits per heavy atom. The van der Waals surface area contributed by atoms with Gasteiger partial charge in [0.1, 0.15) is 0 Å². The van der Waals surface area contributed by atoms with Crippen LogP contribution in [-0.4, -0.2) is 13.1 Å². The molecule has 1 unspecified atom stereocenters. The van der Waals surface area contributed by atoms with E-state index in [2.05, 4.69) is 26.1 Å². The minimum atomic E-state index is 0.784. The van der Waals surface area contributed by atoms with Crippen LogP contribution < -0.4 is 5.32 Å². The van der Waals surface area contributed by atoms with Gasteiger partial charge in [0.25, 0.3) is 0 Å². The van der Waals surface area contributed by atoms with Crippen LogP contribution in [0.2, 0.25) is 0 Å². The van der Waals surface area contributed by atoms with Crippen molar-refractivity contribution in [3.63, 3.8) is 0 Å². The molecule has 102 valence electrons. The quantitative estimate of drug-likeness (QED) is 0.639. The molecule has 1 saturated carbocycles. The SMILES string of the molecule is CCCC(CNCC(C)C)C1CCCCCC1. The van der Waals surface area contributed by atoms with Crippen LogP contribution >= 0.6 is 0 Å². The summed E-state index contributed by atoms with van der Waals surface area (Å²) in [6, 6.07) is 0. The van der Waals surface area contributed by atoms with E-state index in [-0.39, 0.29) is 0 Å². The Morgan fingerprint density at radius 3 is 2.18 bits per heavy atom. The second-order valence-electron chi connectivity index (χ2n) is 6.35. The van der Waals surface area contributed by atoms with Crippen molar-refractivity contribution in [2.45, 2.75) is 72.1 Å². The molecule has 1 heteroatoms. The lowest BCUT2D eigenvalue weighted by Gasteiger charge is -2.26. The molecular formula is C16H33N. The Labute approximate surface area is 109 Å². The summed E-state index contributed by atoms with van der Waals surface area (Å²) < 4.78 is 0. The lowest BCUT2D eigenvalue weighted by atomic mass is 9.83. The smallest absolute Gasteiger partial charge is 0.00178 e. The fraction of sp³-hybridized carbons (Fsp3) is 1.00. The minimum Gasteiger partial charge on any atom is -0.316 e. The first-order chi connectivity index (χ1) is 8.24. The van der Waals surface area contributed by atoms with Gasteiger partial charge in [0, 0.05) is 0 Å². The van der Waals surface area contributed by atoms with E-state index in [0.29, 0.717) is 0 Å². The molecule has 1 aliphatic rings. The van der Waals surface area contributed by atoms with Crippen LogP contribution in [0.5, 0.6) is 0 Å². The largest absolute Gasteiger partial charge is 0.316 e. The summed E-state index contributed by atoms with van der Waals surface area (Å²) in [4.78, 5) is 0. The summed E-state index contributed by atoms with van der Waals surface area (Å²) in [6.07, 6.45) is 11.7. The molecule has 1 nitrogen and oxygen atoms in total. The van der Waals surface area contributed by atoms with Crippen molar-refractivity contribution in [1.29, 1.82) is 0 Å². The predicted octanol–water partition coefficient (Wildman–Crippen LogP) is 4.62.